The van der Waals surface area contributed by atoms with Crippen LogP contribution in [0.15, 0.2) is 22.5 Å². The van der Waals surface area contributed by atoms with Crippen molar-refractivity contribution in [2.45, 2.75) is 38.1 Å². The molecule has 2 N–H and O–H groups in total. The van der Waals surface area contributed by atoms with Gasteiger partial charge in [-0.3, -0.25) is 9.89 Å². The molecule has 0 saturated carbocycles. The predicted octanol–water partition coefficient (Wildman–Crippen LogP) is 3.13. The number of rotatable bonds is 9. The molecule has 7 heteroatoms. The minimum absolute atomic E-state index is 0.507. The van der Waals surface area contributed by atoms with Crippen LogP contribution in [0.4, 0.5) is 0 Å². The van der Waals surface area contributed by atoms with Gasteiger partial charge in [0, 0.05) is 57.5 Å². The highest BCUT2D eigenvalue weighted by atomic mass is 32.1. The van der Waals surface area contributed by atoms with Crippen LogP contribution in [0.3, 0.4) is 0 Å². The lowest BCUT2D eigenvalue weighted by Crippen LogP contribution is -2.45. The Morgan fingerprint density at radius 1 is 1.31 bits per heavy atom. The van der Waals surface area contributed by atoms with E-state index >= 15 is 0 Å². The lowest BCUT2D eigenvalue weighted by atomic mass is 9.88. The number of likely N-dealkylation sites (tertiary alicyclic amines) is 1. The fourth-order valence-electron chi connectivity index (χ4n) is 4.37. The van der Waals surface area contributed by atoms with Gasteiger partial charge in [0.1, 0.15) is 0 Å². The summed E-state index contributed by atoms with van der Waals surface area (Å²) in [6.07, 6.45) is 5.79. The highest BCUT2D eigenvalue weighted by molar-refractivity contribution is 7.10. The molecule has 6 nitrogen and oxygen atoms in total. The van der Waals surface area contributed by atoms with Gasteiger partial charge in [-0.1, -0.05) is 6.07 Å². The standard InChI is InChI=1S/C22H38N4O2S/c1-23-22(24-10-5-12-28-17-18-8-13-27-14-9-18)25-16-19-6-3-11-26(2)21(19)20-7-4-15-29-20/h4,7,15,18-19,21H,3,5-6,8-14,16-17H2,1-2H3,(H2,23,24,25). The number of hydrogen-bond donors (Lipinski definition) is 2. The molecule has 0 aliphatic carbocycles. The molecule has 1 aromatic heterocycles. The van der Waals surface area contributed by atoms with Crippen LogP contribution in [0.25, 0.3) is 0 Å². The van der Waals surface area contributed by atoms with E-state index in [1.807, 2.05) is 18.4 Å². The Morgan fingerprint density at radius 3 is 2.93 bits per heavy atom. The summed E-state index contributed by atoms with van der Waals surface area (Å²) < 4.78 is 11.2. The molecule has 3 heterocycles. The van der Waals surface area contributed by atoms with Gasteiger partial charge in [0.15, 0.2) is 5.96 Å². The monoisotopic (exact) mass is 422 g/mol. The summed E-state index contributed by atoms with van der Waals surface area (Å²) in [5.41, 5.74) is 0. The fourth-order valence-corrected chi connectivity index (χ4v) is 5.36. The van der Waals surface area contributed by atoms with E-state index in [0.717, 1.165) is 64.7 Å². The Labute approximate surface area is 180 Å². The van der Waals surface area contributed by atoms with Crippen LogP contribution < -0.4 is 10.6 Å². The largest absolute Gasteiger partial charge is 0.381 e. The zero-order valence-electron chi connectivity index (χ0n) is 18.1. The van der Waals surface area contributed by atoms with Gasteiger partial charge >= 0.3 is 0 Å². The highest BCUT2D eigenvalue weighted by Gasteiger charge is 2.31. The molecule has 29 heavy (non-hydrogen) atoms. The normalized spacial score (nSPS) is 24.6. The maximum atomic E-state index is 5.85. The molecule has 0 spiro atoms. The number of piperidine rings is 1. The molecule has 2 unspecified atom stereocenters. The number of thiophene rings is 1. The van der Waals surface area contributed by atoms with Gasteiger partial charge in [-0.2, -0.15) is 0 Å². The molecule has 3 rings (SSSR count). The van der Waals surface area contributed by atoms with Gasteiger partial charge in [0.2, 0.25) is 0 Å². The van der Waals surface area contributed by atoms with E-state index < -0.39 is 0 Å². The zero-order chi connectivity index (χ0) is 20.3. The third kappa shape index (κ3) is 7.24. The van der Waals surface area contributed by atoms with E-state index in [1.165, 1.54) is 24.3 Å². The molecule has 0 bridgehead atoms. The summed E-state index contributed by atoms with van der Waals surface area (Å²) in [6.45, 7) is 6.47. The fraction of sp³-hybridized carbons (Fsp3) is 0.773. The van der Waals surface area contributed by atoms with E-state index in [-0.39, 0.29) is 0 Å². The predicted molar refractivity (Wildman–Crippen MR) is 121 cm³/mol. The van der Waals surface area contributed by atoms with Crippen LogP contribution >= 0.6 is 11.3 Å². The Morgan fingerprint density at radius 2 is 2.17 bits per heavy atom. The van der Waals surface area contributed by atoms with Gasteiger partial charge in [-0.05, 0) is 69.0 Å². The van der Waals surface area contributed by atoms with Crippen molar-refractivity contribution >= 4 is 17.3 Å². The molecule has 0 radical (unpaired) electrons. The Kier molecular flexibility index (Phi) is 9.73. The van der Waals surface area contributed by atoms with Crippen molar-refractivity contribution in [2.24, 2.45) is 16.8 Å². The Balaban J connectivity index is 1.33. The molecular weight excluding hydrogens is 384 g/mol. The second-order valence-corrected chi connectivity index (χ2v) is 9.19. The number of guanidine groups is 1. The number of ether oxygens (including phenoxy) is 2. The van der Waals surface area contributed by atoms with Crippen LogP contribution in [0.1, 0.15) is 43.0 Å². The summed E-state index contributed by atoms with van der Waals surface area (Å²) in [6, 6.07) is 4.95. The molecular formula is C22H38N4O2S. The average Bonchev–Trinajstić information content (AvgIpc) is 3.28. The third-order valence-corrected chi connectivity index (χ3v) is 6.99. The molecule has 2 fully saturated rings. The van der Waals surface area contributed by atoms with E-state index in [9.17, 15) is 0 Å². The third-order valence-electron chi connectivity index (χ3n) is 6.05. The van der Waals surface area contributed by atoms with Crippen molar-refractivity contribution in [2.75, 3.05) is 60.2 Å². The topological polar surface area (TPSA) is 58.1 Å². The Bertz CT molecular complexity index is 590. The minimum atomic E-state index is 0.507. The number of nitrogens with zero attached hydrogens (tertiary/aromatic N) is 2. The molecule has 2 saturated heterocycles. The van der Waals surface area contributed by atoms with Crippen LogP contribution in [0.5, 0.6) is 0 Å². The Hall–Kier alpha value is -1.15. The molecule has 2 aliphatic heterocycles. The van der Waals surface area contributed by atoms with Gasteiger partial charge in [-0.15, -0.1) is 11.3 Å². The second-order valence-electron chi connectivity index (χ2n) is 8.21. The SMILES string of the molecule is CN=C(NCCCOCC1CCOCC1)NCC1CCCN(C)C1c1cccs1. The van der Waals surface area contributed by atoms with Crippen molar-refractivity contribution in [1.82, 2.24) is 15.5 Å². The van der Waals surface area contributed by atoms with Gasteiger partial charge in [0.25, 0.3) is 0 Å². The first-order chi connectivity index (χ1) is 14.3. The molecule has 2 atom stereocenters. The molecule has 164 valence electrons. The summed E-state index contributed by atoms with van der Waals surface area (Å²) in [5.74, 6) is 2.18. The van der Waals surface area contributed by atoms with Gasteiger partial charge in [-0.25, -0.2) is 0 Å². The van der Waals surface area contributed by atoms with Crippen molar-refractivity contribution in [1.29, 1.82) is 0 Å². The lowest BCUT2D eigenvalue weighted by molar-refractivity contribution is 0.0203. The van der Waals surface area contributed by atoms with Crippen molar-refractivity contribution in [3.05, 3.63) is 22.4 Å². The highest BCUT2D eigenvalue weighted by Crippen LogP contribution is 2.36. The van der Waals surface area contributed by atoms with E-state index in [0.29, 0.717) is 17.9 Å². The lowest BCUT2D eigenvalue weighted by Gasteiger charge is -2.39. The van der Waals surface area contributed by atoms with Crippen molar-refractivity contribution in [3.8, 4) is 0 Å². The second kappa shape index (κ2) is 12.5. The smallest absolute Gasteiger partial charge is 0.190 e. The number of hydrogen-bond acceptors (Lipinski definition) is 5. The summed E-state index contributed by atoms with van der Waals surface area (Å²) in [4.78, 5) is 8.38. The van der Waals surface area contributed by atoms with E-state index in [1.54, 1.807) is 0 Å². The van der Waals surface area contributed by atoms with Crippen LogP contribution in [-0.4, -0.2) is 71.0 Å². The van der Waals surface area contributed by atoms with Crippen molar-refractivity contribution in [3.63, 3.8) is 0 Å². The molecule has 0 aromatic carbocycles. The first-order valence-electron chi connectivity index (χ1n) is 11.1. The maximum absolute atomic E-state index is 5.85. The summed E-state index contributed by atoms with van der Waals surface area (Å²) >= 11 is 1.87. The minimum Gasteiger partial charge on any atom is -0.381 e. The summed E-state index contributed by atoms with van der Waals surface area (Å²) in [7, 11) is 4.10. The number of aliphatic imine (C=N–C) groups is 1. The zero-order valence-corrected chi connectivity index (χ0v) is 18.9. The van der Waals surface area contributed by atoms with E-state index in [4.69, 9.17) is 9.47 Å². The van der Waals surface area contributed by atoms with Gasteiger partial charge in [0.05, 0.1) is 0 Å². The first kappa shape index (κ1) is 22.5. The number of nitrogens with one attached hydrogen (secondary N) is 2. The average molecular weight is 423 g/mol. The van der Waals surface area contributed by atoms with Gasteiger partial charge < -0.3 is 20.1 Å². The van der Waals surface area contributed by atoms with Crippen LogP contribution in [-0.2, 0) is 9.47 Å². The van der Waals surface area contributed by atoms with Crippen LogP contribution in [0, 0.1) is 11.8 Å². The van der Waals surface area contributed by atoms with E-state index in [2.05, 4.69) is 45.1 Å². The summed E-state index contributed by atoms with van der Waals surface area (Å²) in [5, 5.41) is 9.18. The molecule has 1 aromatic rings. The quantitative estimate of drug-likeness (QED) is 0.364. The molecule has 0 amide bonds. The van der Waals surface area contributed by atoms with Crippen LogP contribution in [0.2, 0.25) is 0 Å². The first-order valence-corrected chi connectivity index (χ1v) is 12.0. The van der Waals surface area contributed by atoms with Crippen molar-refractivity contribution < 1.29 is 9.47 Å². The maximum Gasteiger partial charge on any atom is 0.190 e. The molecule has 2 aliphatic rings.